The number of carbonyl (C=O) groups is 3. The molecule has 0 aliphatic carbocycles. The van der Waals surface area contributed by atoms with Gasteiger partial charge in [-0.15, -0.1) is 0 Å². The third-order valence-electron chi connectivity index (χ3n) is 9.52. The normalized spacial score (nSPS) is 28.0. The molecule has 3 N–H and O–H groups in total. The molecule has 48 heavy (non-hydrogen) atoms. The number of hydrogen-bond donors (Lipinski definition) is 3. The monoisotopic (exact) mass is 1020 g/mol. The Morgan fingerprint density at radius 2 is 0.833 bits per heavy atom. The molecule has 3 atom stereocenters. The van der Waals surface area contributed by atoms with Crippen LogP contribution in [0.1, 0.15) is 122 Å². The topological polar surface area (TPSA) is 149 Å². The predicted molar refractivity (Wildman–Crippen MR) is 209 cm³/mol. The van der Waals surface area contributed by atoms with E-state index in [1.807, 2.05) is 106 Å². The van der Waals surface area contributed by atoms with Crippen molar-refractivity contribution in [2.24, 2.45) is 0 Å². The first-order chi connectivity index (χ1) is 21.6. The summed E-state index contributed by atoms with van der Waals surface area (Å²) in [5.74, 6) is -0.566. The van der Waals surface area contributed by atoms with E-state index in [1.54, 1.807) is 0 Å². The van der Waals surface area contributed by atoms with Crippen molar-refractivity contribution in [1.29, 1.82) is 0 Å². The molecule has 3 unspecified atom stereocenters. The maximum Gasteiger partial charge on any atom is 0.316 e. The second-order valence-corrected chi connectivity index (χ2v) is 19.2. The van der Waals surface area contributed by atoms with E-state index < -0.39 is 16.6 Å². The van der Waals surface area contributed by atoms with Crippen molar-refractivity contribution in [2.75, 3.05) is 13.3 Å². The molecule has 0 aromatic heterocycles. The SMILES string of the molecule is CC1(C)CC(OC(=O)CCCI)C(C)(C)N1O.CC1(C)CC(OC(=O)CCI)C(C)(C)N1O.CC1(C)CC(OC(=O)CI)C(C)(C)N1O. The average molecular weight is 1020 g/mol. The molecule has 0 amide bonds. The second-order valence-electron chi connectivity index (χ2n) is 16.2. The van der Waals surface area contributed by atoms with Crippen LogP contribution in [0.15, 0.2) is 0 Å². The van der Waals surface area contributed by atoms with E-state index in [1.165, 1.54) is 15.2 Å². The fourth-order valence-corrected chi connectivity index (χ4v) is 7.59. The summed E-state index contributed by atoms with van der Waals surface area (Å²) in [6.45, 7) is 23.0. The molecular formula is C33H60I3N3O9. The van der Waals surface area contributed by atoms with Gasteiger partial charge in [0.05, 0.1) is 27.5 Å². The van der Waals surface area contributed by atoms with E-state index in [9.17, 15) is 30.0 Å². The lowest BCUT2D eigenvalue weighted by atomic mass is 9.97. The summed E-state index contributed by atoms with van der Waals surface area (Å²) in [4.78, 5) is 34.4. The Hall–Kier alpha value is 0.360. The van der Waals surface area contributed by atoms with Gasteiger partial charge in [-0.2, -0.15) is 15.2 Å². The van der Waals surface area contributed by atoms with Gasteiger partial charge in [-0.05, 0) is 89.5 Å². The number of esters is 3. The molecule has 15 heteroatoms. The zero-order valence-electron chi connectivity index (χ0n) is 30.9. The minimum atomic E-state index is -0.524. The molecule has 3 aliphatic heterocycles. The first-order valence-corrected chi connectivity index (χ1v) is 21.0. The minimum absolute atomic E-state index is 0.161. The zero-order valence-corrected chi connectivity index (χ0v) is 37.3. The number of carbonyl (C=O) groups excluding carboxylic acids is 3. The van der Waals surface area contributed by atoms with Gasteiger partial charge in [-0.1, -0.05) is 67.8 Å². The summed E-state index contributed by atoms with van der Waals surface area (Å²) in [6, 6.07) is 0. The van der Waals surface area contributed by atoms with Crippen molar-refractivity contribution in [3.63, 3.8) is 0 Å². The number of alkyl halides is 3. The van der Waals surface area contributed by atoms with Crippen molar-refractivity contribution >= 4 is 85.7 Å². The van der Waals surface area contributed by atoms with Crippen molar-refractivity contribution < 1.29 is 44.2 Å². The Morgan fingerprint density at radius 3 is 1.06 bits per heavy atom. The highest BCUT2D eigenvalue weighted by atomic mass is 127. The number of hydroxylamine groups is 6. The summed E-state index contributed by atoms with van der Waals surface area (Å²) in [7, 11) is 0. The number of rotatable bonds is 9. The molecule has 3 fully saturated rings. The molecule has 3 heterocycles. The zero-order chi connectivity index (χ0) is 37.7. The van der Waals surface area contributed by atoms with E-state index in [0.717, 1.165) is 15.3 Å². The lowest BCUT2D eigenvalue weighted by Crippen LogP contribution is -2.49. The molecular weight excluding hydrogens is 963 g/mol. The first-order valence-electron chi connectivity index (χ1n) is 16.4. The number of ether oxygens (including phenoxy) is 3. The smallest absolute Gasteiger partial charge is 0.316 e. The molecule has 0 spiro atoms. The number of hydrogen-bond acceptors (Lipinski definition) is 12. The maximum absolute atomic E-state index is 11.6. The highest BCUT2D eigenvalue weighted by molar-refractivity contribution is 14.1. The summed E-state index contributed by atoms with van der Waals surface area (Å²) in [5.41, 5.74) is -2.62. The minimum Gasteiger partial charge on any atom is -0.460 e. The number of halogens is 3. The third kappa shape index (κ3) is 11.7. The van der Waals surface area contributed by atoms with E-state index in [2.05, 4.69) is 45.2 Å². The highest BCUT2D eigenvalue weighted by Crippen LogP contribution is 2.43. The molecule has 0 bridgehead atoms. The van der Waals surface area contributed by atoms with Crippen molar-refractivity contribution in [1.82, 2.24) is 15.2 Å². The molecule has 0 saturated carbocycles. The van der Waals surface area contributed by atoms with Crippen LogP contribution in [0.5, 0.6) is 0 Å². The molecule has 3 saturated heterocycles. The largest absolute Gasteiger partial charge is 0.460 e. The summed E-state index contributed by atoms with van der Waals surface area (Å²) < 4.78 is 18.3. The molecule has 282 valence electrons. The molecule has 0 aromatic rings. The van der Waals surface area contributed by atoms with Crippen molar-refractivity contribution in [3.05, 3.63) is 0 Å². The maximum atomic E-state index is 11.6. The highest BCUT2D eigenvalue weighted by Gasteiger charge is 2.55. The van der Waals surface area contributed by atoms with Crippen LogP contribution in [-0.2, 0) is 28.6 Å². The second kappa shape index (κ2) is 17.9. The number of nitrogens with zero attached hydrogens (tertiary/aromatic N) is 3. The van der Waals surface area contributed by atoms with Gasteiger partial charge >= 0.3 is 17.9 Å². The summed E-state index contributed by atoms with van der Waals surface area (Å²) in [5, 5.41) is 34.0. The molecule has 3 rings (SSSR count). The molecule has 12 nitrogen and oxygen atoms in total. The Morgan fingerprint density at radius 1 is 0.542 bits per heavy atom. The van der Waals surface area contributed by atoms with Gasteiger partial charge in [0.1, 0.15) is 18.3 Å². The van der Waals surface area contributed by atoms with Crippen LogP contribution in [0.3, 0.4) is 0 Å². The van der Waals surface area contributed by atoms with E-state index in [-0.39, 0.29) is 52.8 Å². The molecule has 0 aromatic carbocycles. The van der Waals surface area contributed by atoms with Crippen LogP contribution in [0.2, 0.25) is 0 Å². The van der Waals surface area contributed by atoms with Gasteiger partial charge < -0.3 is 29.8 Å². The summed E-state index contributed by atoms with van der Waals surface area (Å²) in [6.07, 6.45) is 2.96. The van der Waals surface area contributed by atoms with Crippen LogP contribution >= 0.6 is 67.8 Å². The summed E-state index contributed by atoms with van der Waals surface area (Å²) >= 11 is 6.37. The van der Waals surface area contributed by atoms with Gasteiger partial charge in [0.25, 0.3) is 0 Å². The van der Waals surface area contributed by atoms with E-state index >= 15 is 0 Å². The van der Waals surface area contributed by atoms with Gasteiger partial charge in [0, 0.05) is 51.2 Å². The Kier molecular flexibility index (Phi) is 17.3. The van der Waals surface area contributed by atoms with Crippen molar-refractivity contribution in [2.45, 2.75) is 173 Å². The fraction of sp³-hybridized carbons (Fsp3) is 0.909. The van der Waals surface area contributed by atoms with Gasteiger partial charge in [0.15, 0.2) is 0 Å². The standard InChI is InChI=1S/C12H22INO3.C11H20INO3.C10H18INO3/c1-11(2)8-9(12(3,4)14(11)16)17-10(15)6-5-7-13;1-10(2)7-8(11(3,4)13(10)15)16-9(14)5-6-12;1-9(2)5-7(15-8(13)6-11)10(3,4)12(9)14/h9,16H,5-8H2,1-4H3;8,15H,5-7H2,1-4H3;7,14H,5-6H2,1-4H3. The van der Waals surface area contributed by atoms with Crippen molar-refractivity contribution in [3.8, 4) is 0 Å². The van der Waals surface area contributed by atoms with E-state index in [0.29, 0.717) is 36.5 Å². The van der Waals surface area contributed by atoms with Gasteiger partial charge in [-0.3, -0.25) is 14.4 Å². The fourth-order valence-electron chi connectivity index (χ4n) is 6.59. The van der Waals surface area contributed by atoms with E-state index in [4.69, 9.17) is 14.2 Å². The third-order valence-corrected chi connectivity index (χ3v) is 11.4. The van der Waals surface area contributed by atoms with Crippen LogP contribution < -0.4 is 0 Å². The molecule has 3 aliphatic rings. The van der Waals surface area contributed by atoms with Gasteiger partial charge in [0.2, 0.25) is 0 Å². The Balaban J connectivity index is 0.000000361. The van der Waals surface area contributed by atoms with Gasteiger partial charge in [-0.25, -0.2) is 0 Å². The predicted octanol–water partition coefficient (Wildman–Crippen LogP) is 7.13. The first kappa shape index (κ1) is 46.4. The lowest BCUT2D eigenvalue weighted by molar-refractivity contribution is -0.205. The van der Waals surface area contributed by atoms with Crippen LogP contribution in [-0.4, -0.2) is 114 Å². The quantitative estimate of drug-likeness (QED) is 0.0935. The average Bonchev–Trinajstić information content (AvgIpc) is 3.30. The Labute approximate surface area is 329 Å². The van der Waals surface area contributed by atoms with Crippen LogP contribution in [0.4, 0.5) is 0 Å². The van der Waals surface area contributed by atoms with Crippen LogP contribution in [0, 0.1) is 0 Å². The van der Waals surface area contributed by atoms with Crippen LogP contribution in [0.25, 0.3) is 0 Å². The molecule has 0 radical (unpaired) electrons. The Bertz CT molecular complexity index is 1100. The lowest BCUT2D eigenvalue weighted by Gasteiger charge is -2.35.